The van der Waals surface area contributed by atoms with E-state index in [1.807, 2.05) is 36.4 Å². The van der Waals surface area contributed by atoms with Gasteiger partial charge in [-0.3, -0.25) is 14.8 Å². The number of aliphatic hydroxyl groups is 1. The summed E-state index contributed by atoms with van der Waals surface area (Å²) in [5.74, 6) is 1.28. The third-order valence-electron chi connectivity index (χ3n) is 8.59. The number of aryl methyl sites for hydroxylation is 1. The quantitative estimate of drug-likeness (QED) is 0.166. The number of rotatable bonds is 13. The van der Waals surface area contributed by atoms with Crippen LogP contribution >= 0.6 is 23.2 Å². The predicted molar refractivity (Wildman–Crippen MR) is 177 cm³/mol. The highest BCUT2D eigenvalue weighted by Gasteiger charge is 2.36. The molecule has 1 saturated carbocycles. The van der Waals surface area contributed by atoms with Gasteiger partial charge < -0.3 is 25.2 Å². The van der Waals surface area contributed by atoms with Crippen molar-refractivity contribution in [1.29, 1.82) is 0 Å². The van der Waals surface area contributed by atoms with Crippen molar-refractivity contribution in [2.75, 3.05) is 20.8 Å². The van der Waals surface area contributed by atoms with Gasteiger partial charge in [0.1, 0.15) is 11.4 Å². The Morgan fingerprint density at radius 3 is 2.04 bits per heavy atom. The highest BCUT2D eigenvalue weighted by molar-refractivity contribution is 6.39. The molecule has 6 rings (SSSR count). The summed E-state index contributed by atoms with van der Waals surface area (Å²) in [4.78, 5) is 30.3. The summed E-state index contributed by atoms with van der Waals surface area (Å²) in [6, 6.07) is 11.9. The van der Waals surface area contributed by atoms with E-state index in [2.05, 4.69) is 20.6 Å². The second-order valence-electron chi connectivity index (χ2n) is 11.6. The van der Waals surface area contributed by atoms with Crippen molar-refractivity contribution < 1.29 is 19.4 Å². The number of amides is 1. The van der Waals surface area contributed by atoms with Gasteiger partial charge in [-0.1, -0.05) is 59.6 Å². The number of aliphatic hydroxyl groups excluding tert-OH is 1. The van der Waals surface area contributed by atoms with E-state index in [0.29, 0.717) is 75.3 Å². The summed E-state index contributed by atoms with van der Waals surface area (Å²) in [7, 11) is 3.15. The van der Waals surface area contributed by atoms with Crippen molar-refractivity contribution in [3.63, 3.8) is 0 Å². The lowest BCUT2D eigenvalue weighted by Gasteiger charge is -2.15. The van der Waals surface area contributed by atoms with Crippen LogP contribution in [-0.4, -0.2) is 63.9 Å². The Labute approximate surface area is 277 Å². The molecule has 1 aliphatic heterocycles. The van der Waals surface area contributed by atoms with Crippen LogP contribution in [0.1, 0.15) is 43.5 Å². The number of halogens is 2. The summed E-state index contributed by atoms with van der Waals surface area (Å²) in [5.41, 5.74) is 5.46. The van der Waals surface area contributed by atoms with Gasteiger partial charge >= 0.3 is 0 Å². The van der Waals surface area contributed by atoms with Gasteiger partial charge in [0.05, 0.1) is 48.0 Å². The van der Waals surface area contributed by atoms with Crippen molar-refractivity contribution >= 4 is 29.1 Å². The molecule has 46 heavy (non-hydrogen) atoms. The fraction of sp³-hybridized carbons (Fsp3) is 0.382. The summed E-state index contributed by atoms with van der Waals surface area (Å²) < 4.78 is 11.2. The second-order valence-corrected chi connectivity index (χ2v) is 12.4. The van der Waals surface area contributed by atoms with E-state index in [4.69, 9.17) is 42.6 Å². The first-order valence-electron chi connectivity index (χ1n) is 15.4. The predicted octanol–water partition coefficient (Wildman–Crippen LogP) is 5.66. The number of methoxy groups -OCH3 is 2. The molecule has 10 nitrogen and oxygen atoms in total. The smallest absolute Gasteiger partial charge is 0.237 e. The van der Waals surface area contributed by atoms with E-state index in [0.717, 1.165) is 42.5 Å². The van der Waals surface area contributed by atoms with Gasteiger partial charge in [-0.2, -0.15) is 0 Å². The normalized spacial score (nSPS) is 18.8. The summed E-state index contributed by atoms with van der Waals surface area (Å²) in [6.07, 6.45) is 8.26. The average Bonchev–Trinajstić information content (AvgIpc) is 3.73. The molecule has 0 bridgehead atoms. The van der Waals surface area contributed by atoms with Gasteiger partial charge in [-0.25, -0.2) is 9.97 Å². The Morgan fingerprint density at radius 2 is 1.50 bits per heavy atom. The topological polar surface area (TPSA) is 131 Å². The van der Waals surface area contributed by atoms with Crippen LogP contribution in [0, 0.1) is 5.92 Å². The summed E-state index contributed by atoms with van der Waals surface area (Å²) in [5, 5.41) is 16.7. The van der Waals surface area contributed by atoms with Gasteiger partial charge in [0.2, 0.25) is 17.7 Å². The second kappa shape index (κ2) is 14.3. The summed E-state index contributed by atoms with van der Waals surface area (Å²) >= 11 is 14.1. The first-order chi connectivity index (χ1) is 22.4. The van der Waals surface area contributed by atoms with Crippen LogP contribution < -0.4 is 20.1 Å². The molecule has 0 spiro atoms. The summed E-state index contributed by atoms with van der Waals surface area (Å²) in [6.45, 7) is 0.668. The molecule has 2 aromatic heterocycles. The number of nitrogens with one attached hydrogen (secondary N) is 2. The average molecular weight is 664 g/mol. The Hall–Kier alpha value is -3.83. The van der Waals surface area contributed by atoms with E-state index in [1.165, 1.54) is 0 Å². The lowest BCUT2D eigenvalue weighted by atomic mass is 9.98. The molecule has 1 saturated heterocycles. The first kappa shape index (κ1) is 32.1. The van der Waals surface area contributed by atoms with Crippen molar-refractivity contribution in [2.24, 2.45) is 5.92 Å². The van der Waals surface area contributed by atoms with Crippen LogP contribution in [0.15, 0.2) is 48.8 Å². The molecule has 2 aromatic carbocycles. The molecule has 3 atom stereocenters. The van der Waals surface area contributed by atoms with Gasteiger partial charge in [0, 0.05) is 53.9 Å². The highest BCUT2D eigenvalue weighted by atomic mass is 35.5. The third kappa shape index (κ3) is 6.95. The molecule has 12 heteroatoms. The number of carbonyl (C=O) groups excluding carboxylic acids is 1. The Morgan fingerprint density at radius 1 is 0.913 bits per heavy atom. The van der Waals surface area contributed by atoms with E-state index in [1.54, 1.807) is 26.6 Å². The van der Waals surface area contributed by atoms with Crippen LogP contribution in [0.2, 0.25) is 10.0 Å². The molecule has 0 unspecified atom stereocenters. The van der Waals surface area contributed by atoms with Crippen molar-refractivity contribution in [3.05, 3.63) is 70.2 Å². The number of aromatic nitrogens is 4. The SMILES string of the molecule is COc1nc(-c2cccc(-c3cccc(-c4cnc(CN[C@@H]5C[C@H]5CO)c(OC)n4)c3Cl)c2Cl)cnc1CCC[C@@H]1CCC(=O)N1. The van der Waals surface area contributed by atoms with Crippen LogP contribution in [-0.2, 0) is 17.8 Å². The number of hydrogen-bond donors (Lipinski definition) is 3. The standard InChI is InChI=1S/C34H36Cl2N6O4/c1-45-33-25(11-3-6-20-12-13-30(44)40-20)37-15-27(41-33)23-9-4-7-21(31(23)35)22-8-5-10-24(32(22)36)28-16-39-29(34(42-28)46-2)17-38-26-14-19(26)18-43/h4-5,7-10,15-16,19-20,26,38,43H,3,6,11-14,17-18H2,1-2H3,(H,40,44)/t19-,20+,26+/m0/s1. The third-order valence-corrected chi connectivity index (χ3v) is 9.40. The lowest BCUT2D eigenvalue weighted by Crippen LogP contribution is -2.25. The molecular formula is C34H36Cl2N6O4. The molecular weight excluding hydrogens is 627 g/mol. The zero-order valence-corrected chi connectivity index (χ0v) is 27.2. The molecule has 4 aromatic rings. The molecule has 2 fully saturated rings. The lowest BCUT2D eigenvalue weighted by molar-refractivity contribution is -0.119. The molecule has 3 heterocycles. The minimum atomic E-state index is 0.122. The first-order valence-corrected chi connectivity index (χ1v) is 16.2. The van der Waals surface area contributed by atoms with Crippen LogP contribution in [0.5, 0.6) is 11.8 Å². The van der Waals surface area contributed by atoms with Gasteiger partial charge in [0.15, 0.2) is 0 Å². The number of ether oxygens (including phenoxy) is 2. The minimum Gasteiger partial charge on any atom is -0.480 e. The van der Waals surface area contributed by atoms with Gasteiger partial charge in [-0.05, 0) is 38.0 Å². The largest absolute Gasteiger partial charge is 0.480 e. The molecule has 1 amide bonds. The zero-order chi connectivity index (χ0) is 32.2. The van der Waals surface area contributed by atoms with Gasteiger partial charge in [0.25, 0.3) is 0 Å². The number of hydrogen-bond acceptors (Lipinski definition) is 9. The molecule has 0 radical (unpaired) electrons. The Bertz CT molecular complexity index is 1740. The fourth-order valence-corrected chi connectivity index (χ4v) is 6.54. The van der Waals surface area contributed by atoms with Crippen LogP contribution in [0.4, 0.5) is 0 Å². The Balaban J connectivity index is 1.23. The van der Waals surface area contributed by atoms with E-state index < -0.39 is 0 Å². The molecule has 3 N–H and O–H groups in total. The molecule has 1 aliphatic carbocycles. The molecule has 240 valence electrons. The molecule has 2 aliphatic rings. The maximum absolute atomic E-state index is 11.5. The van der Waals surface area contributed by atoms with E-state index in [9.17, 15) is 9.90 Å². The maximum Gasteiger partial charge on any atom is 0.237 e. The van der Waals surface area contributed by atoms with E-state index in [-0.39, 0.29) is 24.6 Å². The Kier molecular flexibility index (Phi) is 9.98. The number of benzene rings is 2. The van der Waals surface area contributed by atoms with Crippen molar-refractivity contribution in [1.82, 2.24) is 30.6 Å². The van der Waals surface area contributed by atoms with Crippen molar-refractivity contribution in [3.8, 4) is 45.4 Å². The number of nitrogens with zero attached hydrogens (tertiary/aromatic N) is 4. The number of carbonyl (C=O) groups is 1. The van der Waals surface area contributed by atoms with Crippen LogP contribution in [0.25, 0.3) is 33.6 Å². The monoisotopic (exact) mass is 662 g/mol. The highest BCUT2D eigenvalue weighted by Crippen LogP contribution is 2.42. The zero-order valence-electron chi connectivity index (χ0n) is 25.7. The van der Waals surface area contributed by atoms with E-state index >= 15 is 0 Å². The van der Waals surface area contributed by atoms with Crippen molar-refractivity contribution in [2.45, 2.75) is 57.2 Å². The van der Waals surface area contributed by atoms with Crippen LogP contribution in [0.3, 0.4) is 0 Å². The maximum atomic E-state index is 11.5. The minimum absolute atomic E-state index is 0.122. The van der Waals surface area contributed by atoms with Gasteiger partial charge in [-0.15, -0.1) is 0 Å². The fourth-order valence-electron chi connectivity index (χ4n) is 5.89.